The third-order valence-corrected chi connectivity index (χ3v) is 3.51. The van der Waals surface area contributed by atoms with Crippen LogP contribution in [0, 0.1) is 0 Å². The lowest BCUT2D eigenvalue weighted by Gasteiger charge is -2.10. The minimum Gasteiger partial charge on any atom is -0.496 e. The lowest BCUT2D eigenvalue weighted by Crippen LogP contribution is -2.05. The molecular formula is C14H12Cl2N2O2. The summed E-state index contributed by atoms with van der Waals surface area (Å²) in [4.78, 5) is 8.38. The van der Waals surface area contributed by atoms with E-state index in [-0.39, 0.29) is 16.4 Å². The zero-order valence-electron chi connectivity index (χ0n) is 11.0. The number of hydrogen-bond acceptors (Lipinski definition) is 4. The van der Waals surface area contributed by atoms with Crippen LogP contribution in [0.1, 0.15) is 12.5 Å². The normalized spacial score (nSPS) is 16.7. The molecule has 0 bridgehead atoms. The summed E-state index contributed by atoms with van der Waals surface area (Å²) in [5.41, 5.74) is 1.83. The first kappa shape index (κ1) is 13.5. The van der Waals surface area contributed by atoms with Crippen molar-refractivity contribution in [2.24, 2.45) is 0 Å². The van der Waals surface area contributed by atoms with Gasteiger partial charge in [0.05, 0.1) is 12.7 Å². The number of rotatable bonds is 2. The van der Waals surface area contributed by atoms with Gasteiger partial charge in [0.1, 0.15) is 27.9 Å². The molecule has 0 fully saturated rings. The third-order valence-electron chi connectivity index (χ3n) is 3.12. The Morgan fingerprint density at radius 1 is 1.20 bits per heavy atom. The predicted octanol–water partition coefficient (Wildman–Crippen LogP) is 3.78. The first-order valence-corrected chi connectivity index (χ1v) is 6.90. The van der Waals surface area contributed by atoms with Gasteiger partial charge in [0.15, 0.2) is 5.82 Å². The van der Waals surface area contributed by atoms with Crippen LogP contribution in [0.15, 0.2) is 18.2 Å². The highest BCUT2D eigenvalue weighted by atomic mass is 35.5. The van der Waals surface area contributed by atoms with Gasteiger partial charge in [0.25, 0.3) is 0 Å². The van der Waals surface area contributed by atoms with Crippen LogP contribution in [-0.4, -0.2) is 23.2 Å². The summed E-state index contributed by atoms with van der Waals surface area (Å²) in [5.74, 6) is 1.93. The number of aromatic nitrogens is 2. The number of halogens is 2. The quantitative estimate of drug-likeness (QED) is 0.792. The molecule has 104 valence electrons. The van der Waals surface area contributed by atoms with Crippen molar-refractivity contribution in [1.82, 2.24) is 9.97 Å². The lowest BCUT2D eigenvalue weighted by molar-refractivity contribution is 0.254. The van der Waals surface area contributed by atoms with E-state index in [2.05, 4.69) is 9.97 Å². The highest BCUT2D eigenvalue weighted by Gasteiger charge is 2.23. The van der Waals surface area contributed by atoms with Gasteiger partial charge in [-0.2, -0.15) is 0 Å². The summed E-state index contributed by atoms with van der Waals surface area (Å²) in [6.07, 6.45) is 1.03. The zero-order valence-corrected chi connectivity index (χ0v) is 12.5. The average Bonchev–Trinajstić information content (AvgIpc) is 2.75. The Bertz CT molecular complexity index is 656. The van der Waals surface area contributed by atoms with Crippen LogP contribution in [-0.2, 0) is 6.42 Å². The van der Waals surface area contributed by atoms with Gasteiger partial charge in [-0.3, -0.25) is 0 Å². The fraction of sp³-hybridized carbons (Fsp3) is 0.286. The number of benzene rings is 1. The average molecular weight is 311 g/mol. The number of fused-ring (bicyclic) bond motifs is 1. The molecule has 0 radical (unpaired) electrons. The fourth-order valence-corrected chi connectivity index (χ4v) is 2.72. The van der Waals surface area contributed by atoms with Gasteiger partial charge < -0.3 is 9.47 Å². The zero-order chi connectivity index (χ0) is 14.3. The second-order valence-electron chi connectivity index (χ2n) is 4.63. The van der Waals surface area contributed by atoms with Crippen molar-refractivity contribution in [2.45, 2.75) is 19.4 Å². The molecule has 4 nitrogen and oxygen atoms in total. The van der Waals surface area contributed by atoms with Crippen molar-refractivity contribution in [3.8, 4) is 22.9 Å². The van der Waals surface area contributed by atoms with Crippen LogP contribution in [0.5, 0.6) is 11.5 Å². The molecule has 0 amide bonds. The molecule has 0 spiro atoms. The third kappa shape index (κ3) is 2.41. The van der Waals surface area contributed by atoms with E-state index in [1.807, 2.05) is 19.1 Å². The number of hydrogen-bond donors (Lipinski definition) is 0. The van der Waals surface area contributed by atoms with E-state index in [4.69, 9.17) is 32.7 Å². The molecule has 0 saturated heterocycles. The maximum absolute atomic E-state index is 5.93. The van der Waals surface area contributed by atoms with Crippen molar-refractivity contribution in [2.75, 3.05) is 7.11 Å². The van der Waals surface area contributed by atoms with E-state index in [9.17, 15) is 0 Å². The van der Waals surface area contributed by atoms with Crippen molar-refractivity contribution in [3.05, 3.63) is 34.1 Å². The Hall–Kier alpha value is -1.52. The van der Waals surface area contributed by atoms with Crippen LogP contribution in [0.2, 0.25) is 10.3 Å². The molecule has 0 N–H and O–H groups in total. The van der Waals surface area contributed by atoms with Crippen LogP contribution < -0.4 is 9.47 Å². The maximum Gasteiger partial charge on any atom is 0.166 e. The molecule has 1 aliphatic rings. The molecular weight excluding hydrogens is 299 g/mol. The molecule has 1 unspecified atom stereocenters. The largest absolute Gasteiger partial charge is 0.496 e. The van der Waals surface area contributed by atoms with E-state index < -0.39 is 0 Å². The monoisotopic (exact) mass is 310 g/mol. The molecule has 20 heavy (non-hydrogen) atoms. The molecule has 2 aromatic rings. The van der Waals surface area contributed by atoms with Gasteiger partial charge in [-0.05, 0) is 19.1 Å². The number of ether oxygens (including phenoxy) is 2. The summed E-state index contributed by atoms with van der Waals surface area (Å²) in [6.45, 7) is 2.03. The van der Waals surface area contributed by atoms with Crippen LogP contribution >= 0.6 is 23.2 Å². The molecule has 1 aliphatic heterocycles. The van der Waals surface area contributed by atoms with E-state index >= 15 is 0 Å². The second kappa shape index (κ2) is 5.11. The Kier molecular flexibility index (Phi) is 3.44. The van der Waals surface area contributed by atoms with Gasteiger partial charge in [-0.25, -0.2) is 9.97 Å². The van der Waals surface area contributed by atoms with Crippen molar-refractivity contribution < 1.29 is 9.47 Å². The van der Waals surface area contributed by atoms with Gasteiger partial charge in [0.2, 0.25) is 0 Å². The van der Waals surface area contributed by atoms with E-state index in [0.29, 0.717) is 17.1 Å². The van der Waals surface area contributed by atoms with Gasteiger partial charge in [-0.1, -0.05) is 23.2 Å². The van der Waals surface area contributed by atoms with Crippen molar-refractivity contribution in [1.29, 1.82) is 0 Å². The minimum absolute atomic E-state index is 0.161. The van der Waals surface area contributed by atoms with Crippen LogP contribution in [0.3, 0.4) is 0 Å². The van der Waals surface area contributed by atoms with Crippen molar-refractivity contribution in [3.63, 3.8) is 0 Å². The molecule has 2 heterocycles. The number of methoxy groups -OCH3 is 1. The molecule has 6 heteroatoms. The molecule has 0 aliphatic carbocycles. The Labute approximate surface area is 126 Å². The highest BCUT2D eigenvalue weighted by Crippen LogP contribution is 2.39. The topological polar surface area (TPSA) is 44.2 Å². The smallest absolute Gasteiger partial charge is 0.166 e. The van der Waals surface area contributed by atoms with E-state index in [0.717, 1.165) is 17.7 Å². The van der Waals surface area contributed by atoms with Crippen LogP contribution in [0.25, 0.3) is 11.4 Å². The fourth-order valence-electron chi connectivity index (χ4n) is 2.29. The molecule has 3 rings (SSSR count). The molecule has 0 saturated carbocycles. The maximum atomic E-state index is 5.93. The van der Waals surface area contributed by atoms with Gasteiger partial charge >= 0.3 is 0 Å². The predicted molar refractivity (Wildman–Crippen MR) is 77.8 cm³/mol. The second-order valence-corrected chi connectivity index (χ2v) is 5.40. The molecule has 1 atom stereocenters. The standard InChI is InChI=1S/C14H12Cl2N2O2/c1-7-3-8-4-11(19-2)9(5-10(8)20-7)14-17-12(15)6-13(16)18-14/h4-7H,3H2,1-2H3. The molecule has 1 aromatic heterocycles. The first-order valence-electron chi connectivity index (χ1n) is 6.15. The van der Waals surface area contributed by atoms with E-state index in [1.165, 1.54) is 6.07 Å². The minimum atomic E-state index is 0.161. The summed E-state index contributed by atoms with van der Waals surface area (Å²) in [7, 11) is 1.61. The van der Waals surface area contributed by atoms with Gasteiger partial charge in [-0.15, -0.1) is 0 Å². The lowest BCUT2D eigenvalue weighted by atomic mass is 10.1. The molecule has 1 aromatic carbocycles. The number of nitrogens with zero attached hydrogens (tertiary/aromatic N) is 2. The summed E-state index contributed by atoms with van der Waals surface area (Å²) in [6, 6.07) is 5.32. The Morgan fingerprint density at radius 2 is 1.90 bits per heavy atom. The van der Waals surface area contributed by atoms with Gasteiger partial charge in [0, 0.05) is 18.1 Å². The summed E-state index contributed by atoms with van der Waals surface area (Å²) < 4.78 is 11.2. The Morgan fingerprint density at radius 3 is 2.55 bits per heavy atom. The SMILES string of the molecule is COc1cc2c(cc1-c1nc(Cl)cc(Cl)n1)OC(C)C2. The van der Waals surface area contributed by atoms with Crippen molar-refractivity contribution >= 4 is 23.2 Å². The highest BCUT2D eigenvalue weighted by molar-refractivity contribution is 6.33. The Balaban J connectivity index is 2.15. The van der Waals surface area contributed by atoms with Crippen LogP contribution in [0.4, 0.5) is 0 Å². The summed E-state index contributed by atoms with van der Waals surface area (Å²) in [5, 5.41) is 0.577. The first-order chi connectivity index (χ1) is 9.56. The van der Waals surface area contributed by atoms with E-state index in [1.54, 1.807) is 7.11 Å². The summed E-state index contributed by atoms with van der Waals surface area (Å²) >= 11 is 11.9.